The number of fused-ring (bicyclic) bond motifs is 1. The van der Waals surface area contributed by atoms with Crippen molar-refractivity contribution in [3.8, 4) is 0 Å². The number of benzene rings is 1. The zero-order valence-electron chi connectivity index (χ0n) is 12.4. The van der Waals surface area contributed by atoms with Gasteiger partial charge in [0.15, 0.2) is 5.13 Å². The van der Waals surface area contributed by atoms with Gasteiger partial charge in [0, 0.05) is 12.6 Å². The number of aromatic nitrogens is 1. The van der Waals surface area contributed by atoms with Crippen LogP contribution in [0.4, 0.5) is 5.13 Å². The minimum Gasteiger partial charge on any atom is -0.375 e. The number of thiazole rings is 1. The van der Waals surface area contributed by atoms with Crippen molar-refractivity contribution in [2.24, 2.45) is 5.41 Å². The van der Waals surface area contributed by atoms with Crippen molar-refractivity contribution in [1.82, 2.24) is 9.88 Å². The maximum absolute atomic E-state index is 5.74. The zero-order valence-corrected chi connectivity index (χ0v) is 13.2. The van der Waals surface area contributed by atoms with Crippen LogP contribution in [0.5, 0.6) is 0 Å². The molecule has 19 heavy (non-hydrogen) atoms. The standard InChI is InChI=1S/C15H23N3S/c1-10(15(2,3)4)18(5)9-11-6-7-12-13(8-11)19-14(16)17-12/h6-8,10H,9H2,1-5H3,(H2,16,17). The van der Waals surface area contributed by atoms with E-state index in [9.17, 15) is 0 Å². The summed E-state index contributed by atoms with van der Waals surface area (Å²) in [5.41, 5.74) is 8.34. The quantitative estimate of drug-likeness (QED) is 0.929. The van der Waals surface area contributed by atoms with E-state index >= 15 is 0 Å². The summed E-state index contributed by atoms with van der Waals surface area (Å²) in [4.78, 5) is 6.68. The van der Waals surface area contributed by atoms with E-state index in [1.54, 1.807) is 11.3 Å². The first kappa shape index (κ1) is 14.3. The third-order valence-corrected chi connectivity index (χ3v) is 4.66. The Morgan fingerprint density at radius 2 is 2.05 bits per heavy atom. The predicted molar refractivity (Wildman–Crippen MR) is 84.4 cm³/mol. The monoisotopic (exact) mass is 277 g/mol. The van der Waals surface area contributed by atoms with Crippen molar-refractivity contribution in [3.63, 3.8) is 0 Å². The number of hydrogen-bond donors (Lipinski definition) is 1. The molecule has 0 fully saturated rings. The number of anilines is 1. The van der Waals surface area contributed by atoms with E-state index in [0.29, 0.717) is 11.2 Å². The van der Waals surface area contributed by atoms with Gasteiger partial charge in [-0.05, 0) is 37.1 Å². The highest BCUT2D eigenvalue weighted by Gasteiger charge is 2.23. The van der Waals surface area contributed by atoms with E-state index in [1.165, 1.54) is 10.3 Å². The molecular formula is C15H23N3S. The van der Waals surface area contributed by atoms with Crippen LogP contribution in [0.15, 0.2) is 18.2 Å². The van der Waals surface area contributed by atoms with E-state index in [2.05, 4.69) is 62.8 Å². The number of hydrogen-bond acceptors (Lipinski definition) is 4. The van der Waals surface area contributed by atoms with Gasteiger partial charge in [-0.3, -0.25) is 4.90 Å². The lowest BCUT2D eigenvalue weighted by molar-refractivity contribution is 0.135. The smallest absolute Gasteiger partial charge is 0.181 e. The lowest BCUT2D eigenvalue weighted by Crippen LogP contribution is -2.38. The maximum atomic E-state index is 5.74. The maximum Gasteiger partial charge on any atom is 0.181 e. The molecule has 0 saturated carbocycles. The van der Waals surface area contributed by atoms with Gasteiger partial charge in [0.1, 0.15) is 0 Å². The van der Waals surface area contributed by atoms with Crippen molar-refractivity contribution in [3.05, 3.63) is 23.8 Å². The third kappa shape index (κ3) is 3.25. The fourth-order valence-electron chi connectivity index (χ4n) is 2.17. The van der Waals surface area contributed by atoms with Crippen LogP contribution < -0.4 is 5.73 Å². The van der Waals surface area contributed by atoms with Crippen LogP contribution in [0.3, 0.4) is 0 Å². The molecule has 0 amide bonds. The average molecular weight is 277 g/mol. The summed E-state index contributed by atoms with van der Waals surface area (Å²) in [6.07, 6.45) is 0. The molecule has 0 spiro atoms. The molecule has 0 aliphatic carbocycles. The Labute approximate surface area is 119 Å². The fourth-order valence-corrected chi connectivity index (χ4v) is 2.97. The summed E-state index contributed by atoms with van der Waals surface area (Å²) in [5.74, 6) is 0. The van der Waals surface area contributed by atoms with Crippen molar-refractivity contribution in [1.29, 1.82) is 0 Å². The summed E-state index contributed by atoms with van der Waals surface area (Å²) in [6.45, 7) is 10.1. The van der Waals surface area contributed by atoms with E-state index in [4.69, 9.17) is 5.73 Å². The lowest BCUT2D eigenvalue weighted by Gasteiger charge is -2.35. The zero-order chi connectivity index (χ0) is 14.2. The first-order valence-electron chi connectivity index (χ1n) is 6.62. The first-order chi connectivity index (χ1) is 8.77. The highest BCUT2D eigenvalue weighted by molar-refractivity contribution is 7.22. The fraction of sp³-hybridized carbons (Fsp3) is 0.533. The van der Waals surface area contributed by atoms with Crippen LogP contribution in [0, 0.1) is 5.41 Å². The van der Waals surface area contributed by atoms with Gasteiger partial charge in [0.2, 0.25) is 0 Å². The topological polar surface area (TPSA) is 42.2 Å². The molecule has 3 nitrogen and oxygen atoms in total. The summed E-state index contributed by atoms with van der Waals surface area (Å²) in [7, 11) is 2.18. The van der Waals surface area contributed by atoms with Crippen LogP contribution in [0.1, 0.15) is 33.3 Å². The number of nitrogen functional groups attached to an aromatic ring is 1. The third-order valence-electron chi connectivity index (χ3n) is 3.82. The number of nitrogens with zero attached hydrogens (tertiary/aromatic N) is 2. The average Bonchev–Trinajstić information content (AvgIpc) is 2.66. The Hall–Kier alpha value is -1.13. The van der Waals surface area contributed by atoms with Gasteiger partial charge in [-0.25, -0.2) is 4.98 Å². The van der Waals surface area contributed by atoms with Gasteiger partial charge in [0.05, 0.1) is 10.2 Å². The minimum absolute atomic E-state index is 0.285. The van der Waals surface area contributed by atoms with Gasteiger partial charge < -0.3 is 5.73 Å². The van der Waals surface area contributed by atoms with Gasteiger partial charge in [-0.2, -0.15) is 0 Å². The van der Waals surface area contributed by atoms with Crippen LogP contribution >= 0.6 is 11.3 Å². The molecule has 1 unspecified atom stereocenters. The Morgan fingerprint density at radius 3 is 2.68 bits per heavy atom. The van der Waals surface area contributed by atoms with Crippen LogP contribution in [-0.4, -0.2) is 23.0 Å². The van der Waals surface area contributed by atoms with Crippen molar-refractivity contribution in [2.45, 2.75) is 40.3 Å². The Kier molecular flexibility index (Phi) is 3.83. The highest BCUT2D eigenvalue weighted by Crippen LogP contribution is 2.27. The van der Waals surface area contributed by atoms with E-state index in [-0.39, 0.29) is 5.41 Å². The molecule has 2 N–H and O–H groups in total. The van der Waals surface area contributed by atoms with Crippen molar-refractivity contribution in [2.75, 3.05) is 12.8 Å². The van der Waals surface area contributed by atoms with Crippen LogP contribution in [0.25, 0.3) is 10.2 Å². The normalized spacial score (nSPS) is 14.2. The molecule has 0 aliphatic rings. The van der Waals surface area contributed by atoms with Gasteiger partial charge in [-0.15, -0.1) is 0 Å². The predicted octanol–water partition coefficient (Wildman–Crippen LogP) is 3.74. The SMILES string of the molecule is CC(N(C)Cc1ccc2nc(N)sc2c1)C(C)(C)C. The molecule has 2 aromatic rings. The Balaban J connectivity index is 2.16. The van der Waals surface area contributed by atoms with Crippen LogP contribution in [0.2, 0.25) is 0 Å². The summed E-state index contributed by atoms with van der Waals surface area (Å²) < 4.78 is 1.17. The first-order valence-corrected chi connectivity index (χ1v) is 7.44. The Bertz CT molecular complexity index is 568. The lowest BCUT2D eigenvalue weighted by atomic mass is 9.87. The van der Waals surface area contributed by atoms with E-state index in [1.807, 2.05) is 0 Å². The largest absolute Gasteiger partial charge is 0.375 e. The van der Waals surface area contributed by atoms with Crippen molar-refractivity contribution >= 4 is 26.7 Å². The van der Waals surface area contributed by atoms with Crippen molar-refractivity contribution < 1.29 is 0 Å². The molecule has 1 aromatic carbocycles. The number of rotatable bonds is 3. The molecule has 104 valence electrons. The summed E-state index contributed by atoms with van der Waals surface area (Å²) in [6, 6.07) is 6.94. The van der Waals surface area contributed by atoms with Gasteiger partial charge in [0.25, 0.3) is 0 Å². The number of nitrogens with two attached hydrogens (primary N) is 1. The molecule has 0 radical (unpaired) electrons. The summed E-state index contributed by atoms with van der Waals surface area (Å²) in [5, 5.41) is 0.642. The summed E-state index contributed by atoms with van der Waals surface area (Å²) >= 11 is 1.56. The van der Waals surface area contributed by atoms with E-state index in [0.717, 1.165) is 12.1 Å². The molecule has 0 saturated heterocycles. The van der Waals surface area contributed by atoms with Crippen LogP contribution in [-0.2, 0) is 6.54 Å². The molecule has 0 bridgehead atoms. The Morgan fingerprint density at radius 1 is 1.37 bits per heavy atom. The second kappa shape index (κ2) is 5.10. The van der Waals surface area contributed by atoms with Gasteiger partial charge in [-0.1, -0.05) is 38.2 Å². The molecule has 0 aliphatic heterocycles. The molecule has 1 atom stereocenters. The second-order valence-corrected chi connectivity index (χ2v) is 7.37. The molecule has 4 heteroatoms. The van der Waals surface area contributed by atoms with Gasteiger partial charge >= 0.3 is 0 Å². The minimum atomic E-state index is 0.285. The van der Waals surface area contributed by atoms with E-state index < -0.39 is 0 Å². The second-order valence-electron chi connectivity index (χ2n) is 6.31. The molecular weight excluding hydrogens is 254 g/mol. The molecule has 2 rings (SSSR count). The highest BCUT2D eigenvalue weighted by atomic mass is 32.1. The molecule has 1 heterocycles. The molecule has 1 aromatic heterocycles.